The van der Waals surface area contributed by atoms with E-state index in [1.165, 1.54) is 0 Å². The van der Waals surface area contributed by atoms with Crippen molar-refractivity contribution in [2.45, 2.75) is 33.2 Å². The van der Waals surface area contributed by atoms with Gasteiger partial charge in [-0.25, -0.2) is 9.50 Å². The van der Waals surface area contributed by atoms with Crippen LogP contribution in [0.4, 0.5) is 0 Å². The van der Waals surface area contributed by atoms with Gasteiger partial charge in [0.05, 0.1) is 18.8 Å². The Balaban J connectivity index is 1.46. The fraction of sp³-hybridized carbons (Fsp3) is 0.222. The van der Waals surface area contributed by atoms with E-state index in [-0.39, 0.29) is 5.56 Å². The van der Waals surface area contributed by atoms with Gasteiger partial charge in [0.2, 0.25) is 5.89 Å². The molecule has 0 spiro atoms. The van der Waals surface area contributed by atoms with E-state index in [4.69, 9.17) is 9.15 Å². The molecule has 34 heavy (non-hydrogen) atoms. The van der Waals surface area contributed by atoms with Gasteiger partial charge in [-0.2, -0.15) is 5.10 Å². The lowest BCUT2D eigenvalue weighted by molar-refractivity contribution is 0.310. The SMILES string of the molecule is CCCCOc1ccccc1-c1cc2c(=O)n(Cc3nc(-c4ccccc4)oc3C)ccn2n1. The molecule has 7 nitrogen and oxygen atoms in total. The van der Waals surface area contributed by atoms with E-state index >= 15 is 0 Å². The van der Waals surface area contributed by atoms with E-state index in [0.29, 0.717) is 36.0 Å². The van der Waals surface area contributed by atoms with E-state index in [0.717, 1.165) is 35.4 Å². The van der Waals surface area contributed by atoms with Gasteiger partial charge in [0, 0.05) is 23.5 Å². The van der Waals surface area contributed by atoms with Crippen LogP contribution in [-0.2, 0) is 6.54 Å². The number of para-hydroxylation sites is 1. The normalized spacial score (nSPS) is 11.2. The molecule has 7 heteroatoms. The molecule has 3 aromatic heterocycles. The summed E-state index contributed by atoms with van der Waals surface area (Å²) in [5.41, 5.74) is 3.54. The van der Waals surface area contributed by atoms with Crippen molar-refractivity contribution in [2.24, 2.45) is 0 Å². The Morgan fingerprint density at radius 2 is 1.82 bits per heavy atom. The third-order valence-electron chi connectivity index (χ3n) is 5.76. The number of unbranched alkanes of at least 4 members (excludes halogenated alkanes) is 1. The van der Waals surface area contributed by atoms with Gasteiger partial charge >= 0.3 is 0 Å². The molecule has 0 radical (unpaired) electrons. The quantitative estimate of drug-likeness (QED) is 0.295. The van der Waals surface area contributed by atoms with Crippen molar-refractivity contribution < 1.29 is 9.15 Å². The zero-order valence-electron chi connectivity index (χ0n) is 19.3. The highest BCUT2D eigenvalue weighted by Gasteiger charge is 2.16. The molecule has 5 aromatic rings. The number of hydrogen-bond acceptors (Lipinski definition) is 5. The molecule has 0 aliphatic rings. The minimum Gasteiger partial charge on any atom is -0.493 e. The maximum absolute atomic E-state index is 13.3. The molecule has 0 fully saturated rings. The number of hydrogen-bond donors (Lipinski definition) is 0. The van der Waals surface area contributed by atoms with Crippen LogP contribution in [0.25, 0.3) is 28.2 Å². The topological polar surface area (TPSA) is 74.6 Å². The summed E-state index contributed by atoms with van der Waals surface area (Å²) in [5.74, 6) is 2.01. The van der Waals surface area contributed by atoms with Crippen LogP contribution in [0.2, 0.25) is 0 Å². The van der Waals surface area contributed by atoms with Gasteiger partial charge in [-0.1, -0.05) is 43.7 Å². The molecular formula is C27H26N4O3. The van der Waals surface area contributed by atoms with Crippen molar-refractivity contribution in [1.29, 1.82) is 0 Å². The molecule has 0 N–H and O–H groups in total. The Labute approximate surface area is 197 Å². The second kappa shape index (κ2) is 9.39. The number of nitrogens with zero attached hydrogens (tertiary/aromatic N) is 4. The molecule has 3 heterocycles. The fourth-order valence-electron chi connectivity index (χ4n) is 3.85. The molecular weight excluding hydrogens is 428 g/mol. The first kappa shape index (κ1) is 21.7. The standard InChI is InChI=1S/C27H26N4O3/c1-3-4-16-33-25-13-9-8-12-21(25)22-17-24-27(32)30(14-15-31(24)29-22)18-23-19(2)34-26(28-23)20-10-6-5-7-11-20/h5-15,17H,3-4,16,18H2,1-2H3. The van der Waals surface area contributed by atoms with E-state index in [9.17, 15) is 4.79 Å². The number of aryl methyl sites for hydroxylation is 1. The summed E-state index contributed by atoms with van der Waals surface area (Å²) in [4.78, 5) is 17.9. The summed E-state index contributed by atoms with van der Waals surface area (Å²) in [7, 11) is 0. The lowest BCUT2D eigenvalue weighted by atomic mass is 10.1. The number of ether oxygens (including phenoxy) is 1. The van der Waals surface area contributed by atoms with E-state index < -0.39 is 0 Å². The minimum atomic E-state index is -0.144. The highest BCUT2D eigenvalue weighted by molar-refractivity contribution is 5.71. The van der Waals surface area contributed by atoms with E-state index in [1.54, 1.807) is 21.5 Å². The first-order valence-electron chi connectivity index (χ1n) is 11.5. The zero-order chi connectivity index (χ0) is 23.5. The van der Waals surface area contributed by atoms with Gasteiger partial charge in [-0.05, 0) is 43.7 Å². The molecule has 0 bridgehead atoms. The second-order valence-corrected chi connectivity index (χ2v) is 8.18. The van der Waals surface area contributed by atoms with Crippen LogP contribution in [0.1, 0.15) is 31.2 Å². The molecule has 0 atom stereocenters. The molecule has 0 saturated heterocycles. The van der Waals surface area contributed by atoms with Crippen LogP contribution in [0.5, 0.6) is 5.75 Å². The maximum atomic E-state index is 13.3. The summed E-state index contributed by atoms with van der Waals surface area (Å²) < 4.78 is 15.1. The minimum absolute atomic E-state index is 0.144. The highest BCUT2D eigenvalue weighted by Crippen LogP contribution is 2.29. The average molecular weight is 455 g/mol. The summed E-state index contributed by atoms with van der Waals surface area (Å²) in [6.45, 7) is 4.96. The molecule has 172 valence electrons. The molecule has 0 aliphatic carbocycles. The van der Waals surface area contributed by atoms with Gasteiger partial charge in [-0.3, -0.25) is 4.79 Å². The number of rotatable bonds is 8. The van der Waals surface area contributed by atoms with Crippen LogP contribution in [0.15, 0.2) is 82.3 Å². The van der Waals surface area contributed by atoms with Crippen LogP contribution in [-0.4, -0.2) is 25.8 Å². The van der Waals surface area contributed by atoms with Crippen molar-refractivity contribution in [3.8, 4) is 28.5 Å². The van der Waals surface area contributed by atoms with Gasteiger partial charge in [0.1, 0.15) is 22.7 Å². The molecule has 0 unspecified atom stereocenters. The Morgan fingerprint density at radius 3 is 2.65 bits per heavy atom. The Hall–Kier alpha value is -4.13. The van der Waals surface area contributed by atoms with Crippen LogP contribution in [0.3, 0.4) is 0 Å². The van der Waals surface area contributed by atoms with Crippen molar-refractivity contribution in [2.75, 3.05) is 6.61 Å². The molecule has 0 amide bonds. The zero-order valence-corrected chi connectivity index (χ0v) is 19.3. The molecule has 5 rings (SSSR count). The largest absolute Gasteiger partial charge is 0.493 e. The number of benzene rings is 2. The average Bonchev–Trinajstić information content (AvgIpc) is 3.46. The summed E-state index contributed by atoms with van der Waals surface area (Å²) >= 11 is 0. The second-order valence-electron chi connectivity index (χ2n) is 8.18. The lowest BCUT2D eigenvalue weighted by Gasteiger charge is -2.09. The van der Waals surface area contributed by atoms with Gasteiger partial charge in [0.25, 0.3) is 5.56 Å². The Morgan fingerprint density at radius 1 is 1.03 bits per heavy atom. The van der Waals surface area contributed by atoms with Crippen LogP contribution < -0.4 is 10.3 Å². The van der Waals surface area contributed by atoms with E-state index in [2.05, 4.69) is 17.0 Å². The van der Waals surface area contributed by atoms with Gasteiger partial charge in [0.15, 0.2) is 0 Å². The molecule has 0 aliphatic heterocycles. The van der Waals surface area contributed by atoms with Crippen LogP contribution >= 0.6 is 0 Å². The van der Waals surface area contributed by atoms with Crippen molar-refractivity contribution in [3.05, 3.63) is 94.9 Å². The number of aromatic nitrogens is 4. The van der Waals surface area contributed by atoms with Crippen LogP contribution in [0, 0.1) is 6.92 Å². The monoisotopic (exact) mass is 454 g/mol. The summed E-state index contributed by atoms with van der Waals surface area (Å²) in [6, 6.07) is 19.3. The Kier molecular flexibility index (Phi) is 5.99. The smallest absolute Gasteiger partial charge is 0.276 e. The summed E-state index contributed by atoms with van der Waals surface area (Å²) in [5, 5.41) is 4.63. The molecule has 2 aromatic carbocycles. The van der Waals surface area contributed by atoms with Gasteiger partial charge in [-0.15, -0.1) is 0 Å². The Bertz CT molecular complexity index is 1480. The van der Waals surface area contributed by atoms with E-state index in [1.807, 2.05) is 67.6 Å². The first-order chi connectivity index (χ1) is 16.6. The van der Waals surface area contributed by atoms with Crippen molar-refractivity contribution in [1.82, 2.24) is 19.2 Å². The fourth-order valence-corrected chi connectivity index (χ4v) is 3.85. The predicted molar refractivity (Wildman–Crippen MR) is 131 cm³/mol. The third kappa shape index (κ3) is 4.24. The van der Waals surface area contributed by atoms with Crippen molar-refractivity contribution >= 4 is 5.52 Å². The summed E-state index contributed by atoms with van der Waals surface area (Å²) in [6.07, 6.45) is 5.56. The third-order valence-corrected chi connectivity index (χ3v) is 5.76. The van der Waals surface area contributed by atoms with Gasteiger partial charge < -0.3 is 13.7 Å². The van der Waals surface area contributed by atoms with Crippen molar-refractivity contribution in [3.63, 3.8) is 0 Å². The first-order valence-corrected chi connectivity index (χ1v) is 11.5. The number of oxazole rings is 1. The number of fused-ring (bicyclic) bond motifs is 1. The maximum Gasteiger partial charge on any atom is 0.276 e. The lowest BCUT2D eigenvalue weighted by Crippen LogP contribution is -2.22. The highest BCUT2D eigenvalue weighted by atomic mass is 16.5. The predicted octanol–water partition coefficient (Wildman–Crippen LogP) is 5.35. The molecule has 0 saturated carbocycles.